The van der Waals surface area contributed by atoms with Crippen molar-refractivity contribution in [1.82, 2.24) is 10.2 Å². The Labute approximate surface area is 151 Å². The lowest BCUT2D eigenvalue weighted by Gasteiger charge is -2.31. The highest BCUT2D eigenvalue weighted by Crippen LogP contribution is 2.32. The Hall–Kier alpha value is -0.230. The topological polar surface area (TPSA) is 44.4 Å². The van der Waals surface area contributed by atoms with Gasteiger partial charge in [-0.25, -0.2) is 0 Å². The normalized spacial score (nSPS) is 18.6. The van der Waals surface area contributed by atoms with E-state index in [1.54, 1.807) is 6.07 Å². The van der Waals surface area contributed by atoms with Crippen LogP contribution < -0.4 is 10.6 Å². The van der Waals surface area contributed by atoms with Gasteiger partial charge in [0.05, 0.1) is 27.3 Å². The van der Waals surface area contributed by atoms with Crippen molar-refractivity contribution in [2.45, 2.75) is 18.9 Å². The SMILES string of the molecule is CNC1CCCN(CC(=O)Nc2cc(Cl)c(Cl)cc2Cl)C1.Cl. The minimum Gasteiger partial charge on any atom is -0.324 e. The zero-order valence-electron chi connectivity index (χ0n) is 12.2. The minimum atomic E-state index is -0.105. The summed E-state index contributed by atoms with van der Waals surface area (Å²) in [7, 11) is 1.95. The molecule has 0 aliphatic carbocycles. The molecule has 1 heterocycles. The Morgan fingerprint density at radius 3 is 2.64 bits per heavy atom. The highest BCUT2D eigenvalue weighted by Gasteiger charge is 2.20. The van der Waals surface area contributed by atoms with Crippen LogP contribution in [0.15, 0.2) is 12.1 Å². The fraction of sp³-hybridized carbons (Fsp3) is 0.500. The van der Waals surface area contributed by atoms with Crippen molar-refractivity contribution in [2.75, 3.05) is 32.0 Å². The van der Waals surface area contributed by atoms with Crippen molar-refractivity contribution < 1.29 is 4.79 Å². The van der Waals surface area contributed by atoms with E-state index >= 15 is 0 Å². The van der Waals surface area contributed by atoms with E-state index in [9.17, 15) is 4.79 Å². The summed E-state index contributed by atoms with van der Waals surface area (Å²) in [6.07, 6.45) is 2.24. The molecule has 1 aromatic carbocycles. The summed E-state index contributed by atoms with van der Waals surface area (Å²) in [5.74, 6) is -0.105. The Morgan fingerprint density at radius 2 is 1.95 bits per heavy atom. The molecule has 0 aromatic heterocycles. The lowest BCUT2D eigenvalue weighted by Crippen LogP contribution is -2.46. The first-order valence-electron chi connectivity index (χ1n) is 6.83. The van der Waals surface area contributed by atoms with Crippen LogP contribution in [0.1, 0.15) is 12.8 Å². The number of carbonyl (C=O) groups excluding carboxylic acids is 1. The summed E-state index contributed by atoms with van der Waals surface area (Å²) in [6, 6.07) is 3.54. The number of nitrogens with zero attached hydrogens (tertiary/aromatic N) is 1. The third-order valence-electron chi connectivity index (χ3n) is 3.57. The number of likely N-dealkylation sites (N-methyl/N-ethyl adjacent to an activating group) is 1. The molecule has 0 spiro atoms. The molecule has 4 nitrogen and oxygen atoms in total. The molecule has 1 aromatic rings. The van der Waals surface area contributed by atoms with Gasteiger partial charge in [0.25, 0.3) is 0 Å². The van der Waals surface area contributed by atoms with Crippen LogP contribution in [0.25, 0.3) is 0 Å². The van der Waals surface area contributed by atoms with E-state index in [0.29, 0.717) is 33.3 Å². The third-order valence-corrected chi connectivity index (χ3v) is 4.60. The van der Waals surface area contributed by atoms with Gasteiger partial charge in [0, 0.05) is 12.6 Å². The van der Waals surface area contributed by atoms with Crippen molar-refractivity contribution in [3.8, 4) is 0 Å². The van der Waals surface area contributed by atoms with Gasteiger partial charge in [-0.05, 0) is 38.6 Å². The Morgan fingerprint density at radius 1 is 1.27 bits per heavy atom. The summed E-state index contributed by atoms with van der Waals surface area (Å²) >= 11 is 17.9. The van der Waals surface area contributed by atoms with Gasteiger partial charge in [-0.15, -0.1) is 12.4 Å². The first-order valence-corrected chi connectivity index (χ1v) is 7.97. The van der Waals surface area contributed by atoms with Crippen LogP contribution in [0.3, 0.4) is 0 Å². The van der Waals surface area contributed by atoms with Crippen LogP contribution in [0.4, 0.5) is 5.69 Å². The van der Waals surface area contributed by atoms with Crippen LogP contribution in [0.5, 0.6) is 0 Å². The number of nitrogens with one attached hydrogen (secondary N) is 2. The predicted octanol–water partition coefficient (Wildman–Crippen LogP) is 3.69. The molecule has 8 heteroatoms. The second-order valence-electron chi connectivity index (χ2n) is 5.16. The molecule has 1 unspecified atom stereocenters. The summed E-state index contributed by atoms with van der Waals surface area (Å²) in [4.78, 5) is 14.2. The highest BCUT2D eigenvalue weighted by atomic mass is 35.5. The van der Waals surface area contributed by atoms with Gasteiger partial charge >= 0.3 is 0 Å². The average Bonchev–Trinajstić information content (AvgIpc) is 2.45. The van der Waals surface area contributed by atoms with Crippen LogP contribution >= 0.6 is 47.2 Å². The quantitative estimate of drug-likeness (QED) is 0.775. The lowest BCUT2D eigenvalue weighted by atomic mass is 10.1. The number of rotatable bonds is 4. The molecular weight excluding hydrogens is 368 g/mol. The van der Waals surface area contributed by atoms with Crippen LogP contribution in [-0.2, 0) is 4.79 Å². The molecular formula is C14H19Cl4N3O. The van der Waals surface area contributed by atoms with Gasteiger partial charge in [0.2, 0.25) is 5.91 Å². The number of piperidine rings is 1. The lowest BCUT2D eigenvalue weighted by molar-refractivity contribution is -0.117. The Kier molecular flexibility index (Phi) is 8.25. The number of hydrogen-bond donors (Lipinski definition) is 2. The van der Waals surface area contributed by atoms with E-state index in [-0.39, 0.29) is 18.3 Å². The van der Waals surface area contributed by atoms with Gasteiger partial charge in [-0.2, -0.15) is 0 Å². The van der Waals surface area contributed by atoms with Crippen LogP contribution in [0, 0.1) is 0 Å². The number of amides is 1. The molecule has 1 aliphatic heterocycles. The standard InChI is InChI=1S/C14H18Cl3N3O.ClH/c1-18-9-3-2-4-20(7-9)8-14(21)19-13-6-11(16)10(15)5-12(13)17;/h5-6,9,18H,2-4,7-8H2,1H3,(H,19,21);1H. The van der Waals surface area contributed by atoms with Crippen molar-refractivity contribution in [2.24, 2.45) is 0 Å². The number of hydrogen-bond acceptors (Lipinski definition) is 3. The zero-order valence-corrected chi connectivity index (χ0v) is 15.2. The minimum absolute atomic E-state index is 0. The first-order chi connectivity index (χ1) is 9.99. The van der Waals surface area contributed by atoms with Crippen LogP contribution in [0.2, 0.25) is 15.1 Å². The van der Waals surface area contributed by atoms with E-state index in [1.165, 1.54) is 6.07 Å². The third kappa shape index (κ3) is 5.44. The Balaban J connectivity index is 0.00000242. The van der Waals surface area contributed by atoms with Gasteiger partial charge < -0.3 is 10.6 Å². The second kappa shape index (κ2) is 9.16. The molecule has 2 rings (SSSR count). The highest BCUT2D eigenvalue weighted by molar-refractivity contribution is 6.44. The molecule has 2 N–H and O–H groups in total. The molecule has 1 aliphatic rings. The van der Waals surface area contributed by atoms with Crippen LogP contribution in [-0.4, -0.2) is 43.5 Å². The maximum atomic E-state index is 12.1. The van der Waals surface area contributed by atoms with Gasteiger partial charge in [-0.3, -0.25) is 9.69 Å². The first kappa shape index (κ1) is 19.8. The monoisotopic (exact) mass is 385 g/mol. The number of anilines is 1. The molecule has 22 heavy (non-hydrogen) atoms. The van der Waals surface area contributed by atoms with E-state index < -0.39 is 0 Å². The molecule has 1 amide bonds. The summed E-state index contributed by atoms with van der Waals surface area (Å²) in [6.45, 7) is 2.15. The summed E-state index contributed by atoms with van der Waals surface area (Å²) < 4.78 is 0. The van der Waals surface area contributed by atoms with E-state index in [4.69, 9.17) is 34.8 Å². The fourth-order valence-electron chi connectivity index (χ4n) is 2.45. The molecule has 1 saturated heterocycles. The number of benzene rings is 1. The van der Waals surface area contributed by atoms with Crippen molar-refractivity contribution in [1.29, 1.82) is 0 Å². The Bertz CT molecular complexity index is 527. The smallest absolute Gasteiger partial charge is 0.238 e. The zero-order chi connectivity index (χ0) is 15.4. The number of halogens is 4. The molecule has 0 saturated carbocycles. The largest absolute Gasteiger partial charge is 0.324 e. The van der Waals surface area contributed by atoms with Gasteiger partial charge in [-0.1, -0.05) is 34.8 Å². The maximum Gasteiger partial charge on any atom is 0.238 e. The van der Waals surface area contributed by atoms with E-state index in [1.807, 2.05) is 7.05 Å². The van der Waals surface area contributed by atoms with E-state index in [0.717, 1.165) is 25.9 Å². The maximum absolute atomic E-state index is 12.1. The molecule has 1 fully saturated rings. The van der Waals surface area contributed by atoms with Crippen molar-refractivity contribution in [3.63, 3.8) is 0 Å². The van der Waals surface area contributed by atoms with Gasteiger partial charge in [0.15, 0.2) is 0 Å². The fourth-order valence-corrected chi connectivity index (χ4v) is 3.04. The summed E-state index contributed by atoms with van der Waals surface area (Å²) in [5.41, 5.74) is 0.484. The van der Waals surface area contributed by atoms with E-state index in [2.05, 4.69) is 15.5 Å². The molecule has 124 valence electrons. The van der Waals surface area contributed by atoms with Crippen molar-refractivity contribution >= 4 is 58.8 Å². The molecule has 0 bridgehead atoms. The molecule has 1 atom stereocenters. The van der Waals surface area contributed by atoms with Crippen molar-refractivity contribution in [3.05, 3.63) is 27.2 Å². The predicted molar refractivity (Wildman–Crippen MR) is 95.9 cm³/mol. The average molecular weight is 387 g/mol. The molecule has 0 radical (unpaired) electrons. The van der Waals surface area contributed by atoms with Gasteiger partial charge in [0.1, 0.15) is 0 Å². The number of likely N-dealkylation sites (tertiary alicyclic amines) is 1. The second-order valence-corrected chi connectivity index (χ2v) is 6.38. The number of carbonyl (C=O) groups is 1. The summed E-state index contributed by atoms with van der Waals surface area (Å²) in [5, 5.41) is 7.15.